The first kappa shape index (κ1) is 17.5. The third-order valence-electron chi connectivity index (χ3n) is 3.96. The molecule has 24 heavy (non-hydrogen) atoms. The first-order chi connectivity index (χ1) is 11.3. The van der Waals surface area contributed by atoms with E-state index in [2.05, 4.69) is 21.0 Å². The molecule has 0 aliphatic rings. The van der Waals surface area contributed by atoms with Gasteiger partial charge in [-0.05, 0) is 39.0 Å². The summed E-state index contributed by atoms with van der Waals surface area (Å²) < 4.78 is 1.80. The predicted molar refractivity (Wildman–Crippen MR) is 93.1 cm³/mol. The van der Waals surface area contributed by atoms with Crippen molar-refractivity contribution in [1.29, 1.82) is 0 Å². The monoisotopic (exact) mass is 329 g/mol. The number of anilines is 1. The number of nitrogens with one attached hydrogen (secondary N) is 3. The summed E-state index contributed by atoms with van der Waals surface area (Å²) in [6.07, 6.45) is 0. The van der Waals surface area contributed by atoms with Crippen LogP contribution in [-0.4, -0.2) is 28.8 Å². The summed E-state index contributed by atoms with van der Waals surface area (Å²) >= 11 is 0. The maximum absolute atomic E-state index is 12.2. The number of aromatic nitrogens is 2. The molecule has 1 aromatic carbocycles. The van der Waals surface area contributed by atoms with Crippen LogP contribution < -0.4 is 16.0 Å². The molecule has 128 valence electrons. The van der Waals surface area contributed by atoms with Gasteiger partial charge in [-0.1, -0.05) is 6.07 Å². The topological polar surface area (TPSA) is 88.1 Å². The Balaban J connectivity index is 2.07. The van der Waals surface area contributed by atoms with E-state index in [0.717, 1.165) is 17.0 Å². The van der Waals surface area contributed by atoms with Crippen LogP contribution in [0.15, 0.2) is 24.3 Å². The molecule has 0 unspecified atom stereocenters. The molecule has 0 spiro atoms. The van der Waals surface area contributed by atoms with Crippen molar-refractivity contribution in [2.45, 2.75) is 26.8 Å². The minimum absolute atomic E-state index is 0.180. The Morgan fingerprint density at radius 3 is 2.54 bits per heavy atom. The molecule has 3 N–H and O–H groups in total. The maximum Gasteiger partial charge on any atom is 0.319 e. The fraction of sp³-hybridized carbons (Fsp3) is 0.353. The van der Waals surface area contributed by atoms with Crippen LogP contribution in [0.3, 0.4) is 0 Å². The van der Waals surface area contributed by atoms with Crippen LogP contribution in [-0.2, 0) is 7.05 Å². The van der Waals surface area contributed by atoms with Crippen molar-refractivity contribution in [3.63, 3.8) is 0 Å². The number of carbonyl (C=O) groups excluding carboxylic acids is 2. The van der Waals surface area contributed by atoms with Crippen LogP contribution in [0.2, 0.25) is 0 Å². The van der Waals surface area contributed by atoms with Crippen molar-refractivity contribution in [2.24, 2.45) is 7.05 Å². The molecule has 0 saturated carbocycles. The van der Waals surface area contributed by atoms with Crippen molar-refractivity contribution in [3.8, 4) is 0 Å². The number of carbonyl (C=O) groups is 2. The molecular formula is C17H23N5O2. The van der Waals surface area contributed by atoms with Crippen LogP contribution >= 0.6 is 0 Å². The Bertz CT molecular complexity index is 766. The highest BCUT2D eigenvalue weighted by molar-refractivity contribution is 5.96. The largest absolute Gasteiger partial charge is 0.355 e. The minimum atomic E-state index is -0.334. The lowest BCUT2D eigenvalue weighted by molar-refractivity contribution is 0.0963. The number of amides is 3. The lowest BCUT2D eigenvalue weighted by Crippen LogP contribution is -2.31. The van der Waals surface area contributed by atoms with Gasteiger partial charge in [0.2, 0.25) is 0 Å². The minimum Gasteiger partial charge on any atom is -0.355 e. The van der Waals surface area contributed by atoms with Gasteiger partial charge in [0, 0.05) is 36.6 Å². The predicted octanol–water partition coefficient (Wildman–Crippen LogP) is 2.28. The van der Waals surface area contributed by atoms with Crippen LogP contribution in [0.4, 0.5) is 10.5 Å². The number of nitrogens with zero attached hydrogens (tertiary/aromatic N) is 2. The molecule has 3 amide bonds. The fourth-order valence-corrected chi connectivity index (χ4v) is 2.74. The van der Waals surface area contributed by atoms with Crippen molar-refractivity contribution in [3.05, 3.63) is 46.8 Å². The van der Waals surface area contributed by atoms with Crippen LogP contribution in [0.25, 0.3) is 0 Å². The smallest absolute Gasteiger partial charge is 0.319 e. The van der Waals surface area contributed by atoms with Gasteiger partial charge in [-0.3, -0.25) is 9.48 Å². The molecule has 1 atom stereocenters. The molecule has 1 aromatic heterocycles. The summed E-state index contributed by atoms with van der Waals surface area (Å²) in [5.41, 5.74) is 3.96. The zero-order valence-corrected chi connectivity index (χ0v) is 14.6. The number of hydrogen-bond donors (Lipinski definition) is 3. The van der Waals surface area contributed by atoms with Crippen molar-refractivity contribution < 1.29 is 9.59 Å². The molecule has 2 aromatic rings. The molecule has 2 rings (SSSR count). The fourth-order valence-electron chi connectivity index (χ4n) is 2.74. The number of aryl methyl sites for hydroxylation is 2. The molecule has 0 radical (unpaired) electrons. The van der Waals surface area contributed by atoms with Crippen molar-refractivity contribution in [1.82, 2.24) is 20.4 Å². The Morgan fingerprint density at radius 1 is 1.25 bits per heavy atom. The quantitative estimate of drug-likeness (QED) is 0.804. The number of hydrogen-bond acceptors (Lipinski definition) is 3. The normalized spacial score (nSPS) is 11.7. The number of rotatable bonds is 4. The van der Waals surface area contributed by atoms with Gasteiger partial charge in [0.1, 0.15) is 0 Å². The second kappa shape index (κ2) is 7.16. The highest BCUT2D eigenvalue weighted by Gasteiger charge is 2.18. The molecule has 1 heterocycles. The zero-order chi connectivity index (χ0) is 17.9. The van der Waals surface area contributed by atoms with E-state index in [-0.39, 0.29) is 18.0 Å². The summed E-state index contributed by atoms with van der Waals surface area (Å²) in [6.45, 7) is 5.81. The van der Waals surface area contributed by atoms with E-state index in [9.17, 15) is 9.59 Å². The second-order valence-electron chi connectivity index (χ2n) is 5.69. The van der Waals surface area contributed by atoms with Crippen molar-refractivity contribution >= 4 is 17.6 Å². The number of benzene rings is 1. The average Bonchev–Trinajstić information content (AvgIpc) is 2.79. The third kappa shape index (κ3) is 3.73. The lowest BCUT2D eigenvalue weighted by atomic mass is 10.1. The summed E-state index contributed by atoms with van der Waals surface area (Å²) in [4.78, 5) is 23.9. The Morgan fingerprint density at radius 2 is 1.96 bits per heavy atom. The zero-order valence-electron chi connectivity index (χ0n) is 14.6. The molecule has 7 heteroatoms. The van der Waals surface area contributed by atoms with Crippen molar-refractivity contribution in [2.75, 3.05) is 12.4 Å². The summed E-state index contributed by atoms with van der Waals surface area (Å²) in [7, 11) is 3.44. The van der Waals surface area contributed by atoms with Crippen LogP contribution in [0.1, 0.15) is 40.3 Å². The van der Waals surface area contributed by atoms with E-state index in [0.29, 0.717) is 11.3 Å². The third-order valence-corrected chi connectivity index (χ3v) is 3.96. The van der Waals surface area contributed by atoms with E-state index < -0.39 is 0 Å². The van der Waals surface area contributed by atoms with Gasteiger partial charge in [0.15, 0.2) is 0 Å². The van der Waals surface area contributed by atoms with Gasteiger partial charge in [0.05, 0.1) is 11.7 Å². The van der Waals surface area contributed by atoms with E-state index in [1.165, 1.54) is 0 Å². The molecule has 0 aliphatic heterocycles. The van der Waals surface area contributed by atoms with E-state index in [4.69, 9.17) is 0 Å². The van der Waals surface area contributed by atoms with E-state index in [1.807, 2.05) is 27.8 Å². The summed E-state index contributed by atoms with van der Waals surface area (Å²) in [5, 5.41) is 12.6. The average molecular weight is 329 g/mol. The van der Waals surface area contributed by atoms with Gasteiger partial charge in [-0.25, -0.2) is 4.79 Å². The van der Waals surface area contributed by atoms with Crippen LogP contribution in [0.5, 0.6) is 0 Å². The number of urea groups is 1. The maximum atomic E-state index is 12.2. The van der Waals surface area contributed by atoms with Gasteiger partial charge in [-0.2, -0.15) is 5.10 Å². The second-order valence-corrected chi connectivity index (χ2v) is 5.69. The summed E-state index contributed by atoms with van der Waals surface area (Å²) in [5.74, 6) is -0.200. The van der Waals surface area contributed by atoms with E-state index >= 15 is 0 Å². The Kier molecular flexibility index (Phi) is 5.23. The van der Waals surface area contributed by atoms with Gasteiger partial charge in [-0.15, -0.1) is 0 Å². The first-order valence-corrected chi connectivity index (χ1v) is 7.73. The molecule has 0 fully saturated rings. The summed E-state index contributed by atoms with van der Waals surface area (Å²) in [6, 6.07) is 6.26. The Labute approximate surface area is 141 Å². The molecule has 7 nitrogen and oxygen atoms in total. The first-order valence-electron chi connectivity index (χ1n) is 7.73. The van der Waals surface area contributed by atoms with Gasteiger partial charge < -0.3 is 16.0 Å². The SMILES string of the molecule is CNC(=O)c1cccc(NC(=O)N[C@@H](C)c2c(C)nn(C)c2C)c1. The molecule has 0 bridgehead atoms. The molecule has 0 saturated heterocycles. The van der Waals surface area contributed by atoms with Gasteiger partial charge in [0.25, 0.3) is 5.91 Å². The lowest BCUT2D eigenvalue weighted by Gasteiger charge is -2.16. The highest BCUT2D eigenvalue weighted by Crippen LogP contribution is 2.20. The standard InChI is InChI=1S/C17H23N5O2/c1-10(15-11(2)21-22(5)12(15)3)19-17(24)20-14-8-6-7-13(9-14)16(23)18-4/h6-10H,1-5H3,(H,18,23)(H2,19,20,24)/t10-/m0/s1. The van der Waals surface area contributed by atoms with Gasteiger partial charge >= 0.3 is 6.03 Å². The highest BCUT2D eigenvalue weighted by atomic mass is 16.2. The van der Waals surface area contributed by atoms with Crippen LogP contribution in [0, 0.1) is 13.8 Å². The van der Waals surface area contributed by atoms with E-state index in [1.54, 1.807) is 36.0 Å². The Hall–Kier alpha value is -2.83. The molecular weight excluding hydrogens is 306 g/mol. The molecule has 0 aliphatic carbocycles.